The topological polar surface area (TPSA) is 59.9 Å². The van der Waals surface area contributed by atoms with Gasteiger partial charge in [0.25, 0.3) is 0 Å². The third-order valence-electron chi connectivity index (χ3n) is 5.99. The number of piperidine rings is 1. The number of phenolic OH excluding ortho intramolecular Hbond substituents is 1. The lowest BCUT2D eigenvalue weighted by atomic mass is 9.97. The lowest BCUT2D eigenvalue weighted by molar-refractivity contribution is -0.106. The first-order valence-corrected chi connectivity index (χ1v) is 11.9. The highest BCUT2D eigenvalue weighted by atomic mass is 35.5. The van der Waals surface area contributed by atoms with Crippen molar-refractivity contribution >= 4 is 29.5 Å². The Labute approximate surface area is 209 Å². The number of carbonyl (C=O) groups is 1. The van der Waals surface area contributed by atoms with E-state index in [-0.39, 0.29) is 5.75 Å². The summed E-state index contributed by atoms with van der Waals surface area (Å²) in [6, 6.07) is 11.2. The van der Waals surface area contributed by atoms with Gasteiger partial charge in [-0.2, -0.15) is 0 Å². The van der Waals surface area contributed by atoms with Gasteiger partial charge in [0.05, 0.1) is 10.7 Å². The van der Waals surface area contributed by atoms with Gasteiger partial charge in [-0.3, -0.25) is 9.69 Å². The van der Waals surface area contributed by atoms with Gasteiger partial charge in [0.1, 0.15) is 17.4 Å². The van der Waals surface area contributed by atoms with Gasteiger partial charge in [-0.1, -0.05) is 17.7 Å². The smallest absolute Gasteiger partial charge is 0.218 e. The summed E-state index contributed by atoms with van der Waals surface area (Å²) in [5, 5.41) is 11.4. The van der Waals surface area contributed by atoms with Crippen LogP contribution in [0.25, 0.3) is 22.3 Å². The molecular weight excluding hydrogens is 467 g/mol. The van der Waals surface area contributed by atoms with Crippen molar-refractivity contribution < 1.29 is 14.3 Å². The summed E-state index contributed by atoms with van der Waals surface area (Å²) in [5.74, 6) is 0.290. The number of aromatic hydroxyl groups is 1. The van der Waals surface area contributed by atoms with E-state index in [4.69, 9.17) is 11.6 Å². The molecule has 0 aliphatic carbocycles. The van der Waals surface area contributed by atoms with Crippen molar-refractivity contribution in [1.82, 2.24) is 9.88 Å². The van der Waals surface area contributed by atoms with Crippen molar-refractivity contribution in [3.63, 3.8) is 0 Å². The molecule has 2 aromatic carbocycles. The van der Waals surface area contributed by atoms with Gasteiger partial charge in [-0.05, 0) is 66.8 Å². The molecule has 0 radical (unpaired) electrons. The first kappa shape index (κ1) is 24.5. The highest BCUT2D eigenvalue weighted by Crippen LogP contribution is 2.41. The van der Waals surface area contributed by atoms with Gasteiger partial charge >= 0.3 is 0 Å². The average Bonchev–Trinajstić information content (AvgIpc) is 2.86. The summed E-state index contributed by atoms with van der Waals surface area (Å²) in [6.45, 7) is 1.87. The molecule has 182 valence electrons. The number of rotatable bonds is 7. The van der Waals surface area contributed by atoms with E-state index >= 15 is 0 Å². The predicted molar refractivity (Wildman–Crippen MR) is 139 cm³/mol. The average molecular weight is 495 g/mol. The van der Waals surface area contributed by atoms with Gasteiger partial charge in [-0.25, -0.2) is 9.37 Å². The molecule has 6 nitrogen and oxygen atoms in total. The molecule has 0 saturated carbocycles. The fraction of sp³-hybridized carbons (Fsp3) is 0.259. The molecule has 4 rings (SSSR count). The predicted octanol–water partition coefficient (Wildman–Crippen LogP) is 5.90. The van der Waals surface area contributed by atoms with Crippen LogP contribution in [0.2, 0.25) is 5.02 Å². The summed E-state index contributed by atoms with van der Waals surface area (Å²) in [4.78, 5) is 21.4. The van der Waals surface area contributed by atoms with E-state index < -0.39 is 5.82 Å². The summed E-state index contributed by atoms with van der Waals surface area (Å²) >= 11 is 6.49. The minimum Gasteiger partial charge on any atom is -0.507 e. The maximum absolute atomic E-state index is 14.7. The van der Waals surface area contributed by atoms with Crippen molar-refractivity contribution in [3.8, 4) is 28.0 Å². The number of anilines is 2. The van der Waals surface area contributed by atoms with Gasteiger partial charge in [0.2, 0.25) is 6.41 Å². The summed E-state index contributed by atoms with van der Waals surface area (Å²) < 4.78 is 14.7. The van der Waals surface area contributed by atoms with E-state index in [0.717, 1.165) is 31.7 Å². The highest BCUT2D eigenvalue weighted by Gasteiger charge is 2.18. The standard InChI is InChI=1S/C27H28ClFN4O2/c1-31(2)12-13-33(18-34)25-7-6-19(14-24(25)28)22-16-21(29)17-23(27(22)35)20-8-9-30-26(15-20)32-10-4-3-5-11-32/h6-9,12-18,35H,3-5,10-11H2,1-2H3/b13-12-. The molecule has 35 heavy (non-hydrogen) atoms. The second kappa shape index (κ2) is 10.8. The van der Waals surface area contributed by atoms with E-state index in [9.17, 15) is 14.3 Å². The summed E-state index contributed by atoms with van der Waals surface area (Å²) in [5.41, 5.74) is 2.38. The first-order chi connectivity index (χ1) is 16.9. The number of phenols is 1. The van der Waals surface area contributed by atoms with Gasteiger partial charge in [0.15, 0.2) is 0 Å². The summed E-state index contributed by atoms with van der Waals surface area (Å²) in [6.07, 6.45) is 9.09. The minimum absolute atomic E-state index is 0.0502. The molecule has 8 heteroatoms. The minimum atomic E-state index is -0.479. The Morgan fingerprint density at radius 3 is 2.31 bits per heavy atom. The van der Waals surface area contributed by atoms with E-state index in [1.165, 1.54) is 23.5 Å². The van der Waals surface area contributed by atoms with Crippen LogP contribution < -0.4 is 9.80 Å². The number of carbonyl (C=O) groups excluding carboxylic acids is 1. The van der Waals surface area contributed by atoms with Crippen LogP contribution in [-0.4, -0.2) is 48.6 Å². The molecule has 1 aliphatic heterocycles. The number of aromatic nitrogens is 1. The number of hydrogen-bond acceptors (Lipinski definition) is 5. The maximum atomic E-state index is 14.7. The lowest BCUT2D eigenvalue weighted by Gasteiger charge is -2.28. The molecular formula is C27H28ClFN4O2. The van der Waals surface area contributed by atoms with E-state index in [0.29, 0.717) is 39.4 Å². The molecule has 0 bridgehead atoms. The van der Waals surface area contributed by atoms with Gasteiger partial charge in [-0.15, -0.1) is 0 Å². The molecule has 2 heterocycles. The summed E-state index contributed by atoms with van der Waals surface area (Å²) in [7, 11) is 3.68. The SMILES string of the molecule is CN(C)/C=C\N(C=O)c1ccc(-c2cc(F)cc(-c3ccnc(N4CCCCC4)c3)c2O)cc1Cl. The van der Waals surface area contributed by atoms with Crippen molar-refractivity contribution in [1.29, 1.82) is 0 Å². The van der Waals surface area contributed by atoms with Crippen LogP contribution in [-0.2, 0) is 4.79 Å². The van der Waals surface area contributed by atoms with Crippen molar-refractivity contribution in [2.45, 2.75) is 19.3 Å². The maximum Gasteiger partial charge on any atom is 0.218 e. The number of pyridine rings is 1. The molecule has 3 aromatic rings. The van der Waals surface area contributed by atoms with Crippen molar-refractivity contribution in [2.75, 3.05) is 37.0 Å². The van der Waals surface area contributed by atoms with Crippen molar-refractivity contribution in [2.24, 2.45) is 0 Å². The van der Waals surface area contributed by atoms with Crippen LogP contribution in [0.3, 0.4) is 0 Å². The number of amides is 1. The molecule has 1 aromatic heterocycles. The van der Waals surface area contributed by atoms with Crippen molar-refractivity contribution in [3.05, 3.63) is 71.9 Å². The second-order valence-electron chi connectivity index (χ2n) is 8.74. The zero-order chi connectivity index (χ0) is 24.9. The van der Waals surface area contributed by atoms with E-state index in [1.54, 1.807) is 47.8 Å². The van der Waals surface area contributed by atoms with E-state index in [2.05, 4.69) is 9.88 Å². The Morgan fingerprint density at radius 2 is 1.69 bits per heavy atom. The number of benzene rings is 2. The van der Waals surface area contributed by atoms with Crippen LogP contribution >= 0.6 is 11.6 Å². The number of halogens is 2. The van der Waals surface area contributed by atoms with Crippen LogP contribution in [0.15, 0.2) is 61.1 Å². The Bertz CT molecular complexity index is 1240. The molecule has 0 unspecified atom stereocenters. The highest BCUT2D eigenvalue weighted by molar-refractivity contribution is 6.34. The van der Waals surface area contributed by atoms with Crippen LogP contribution in [0.4, 0.5) is 15.9 Å². The Hall–Kier alpha value is -3.58. The zero-order valence-corrected chi connectivity index (χ0v) is 20.5. The van der Waals surface area contributed by atoms with Crippen LogP contribution in [0, 0.1) is 5.82 Å². The zero-order valence-electron chi connectivity index (χ0n) is 19.8. The third-order valence-corrected chi connectivity index (χ3v) is 6.29. The fourth-order valence-corrected chi connectivity index (χ4v) is 4.46. The Kier molecular flexibility index (Phi) is 7.56. The molecule has 1 amide bonds. The molecule has 1 saturated heterocycles. The molecule has 0 spiro atoms. The lowest BCUT2D eigenvalue weighted by Crippen LogP contribution is -2.30. The van der Waals surface area contributed by atoms with Crippen LogP contribution in [0.1, 0.15) is 19.3 Å². The third kappa shape index (κ3) is 5.57. The number of hydrogen-bond donors (Lipinski definition) is 1. The Morgan fingerprint density at radius 1 is 1.00 bits per heavy atom. The van der Waals surface area contributed by atoms with Gasteiger partial charge < -0.3 is 14.9 Å². The largest absolute Gasteiger partial charge is 0.507 e. The first-order valence-electron chi connectivity index (χ1n) is 11.5. The normalized spacial score (nSPS) is 13.8. The number of nitrogens with zero attached hydrogens (tertiary/aromatic N) is 4. The Balaban J connectivity index is 1.71. The van der Waals surface area contributed by atoms with E-state index in [1.807, 2.05) is 20.2 Å². The fourth-order valence-electron chi connectivity index (χ4n) is 4.18. The monoisotopic (exact) mass is 494 g/mol. The molecule has 0 atom stereocenters. The molecule has 1 fully saturated rings. The quantitative estimate of drug-likeness (QED) is 0.414. The second-order valence-corrected chi connectivity index (χ2v) is 9.15. The molecule has 1 aliphatic rings. The molecule has 1 N–H and O–H groups in total. The van der Waals surface area contributed by atoms with Crippen LogP contribution in [0.5, 0.6) is 5.75 Å². The van der Waals surface area contributed by atoms with Gasteiger partial charge in [0, 0.05) is 56.9 Å².